The molecular formula is C22H24ClN5. The van der Waals surface area contributed by atoms with Gasteiger partial charge in [0.15, 0.2) is 0 Å². The quantitative estimate of drug-likeness (QED) is 0.581. The van der Waals surface area contributed by atoms with Gasteiger partial charge in [-0.05, 0) is 61.2 Å². The Labute approximate surface area is 170 Å². The molecule has 0 unspecified atom stereocenters. The Bertz CT molecular complexity index is 907. The van der Waals surface area contributed by atoms with Crippen LogP contribution >= 0.6 is 11.6 Å². The number of halogens is 1. The van der Waals surface area contributed by atoms with E-state index in [1.54, 1.807) is 6.20 Å². The topological polar surface area (TPSA) is 53.1 Å². The van der Waals surface area contributed by atoms with Crippen LogP contribution < -0.4 is 15.5 Å². The van der Waals surface area contributed by atoms with Crippen molar-refractivity contribution in [3.63, 3.8) is 0 Å². The number of benzene rings is 2. The molecule has 1 saturated heterocycles. The minimum atomic E-state index is 0.565. The predicted octanol–water partition coefficient (Wildman–Crippen LogP) is 5.48. The van der Waals surface area contributed by atoms with Crippen LogP contribution in [0.25, 0.3) is 0 Å². The zero-order chi connectivity index (χ0) is 19.2. The minimum Gasteiger partial charge on any atom is -0.372 e. The molecule has 0 spiro atoms. The summed E-state index contributed by atoms with van der Waals surface area (Å²) < 4.78 is 0. The fourth-order valence-corrected chi connectivity index (χ4v) is 3.58. The Hall–Kier alpha value is -2.79. The Kier molecular flexibility index (Phi) is 5.92. The van der Waals surface area contributed by atoms with Gasteiger partial charge in [-0.3, -0.25) is 0 Å². The summed E-state index contributed by atoms with van der Waals surface area (Å²) >= 11 is 6.21. The number of nitrogens with one attached hydrogen (secondary N) is 2. The second-order valence-corrected chi connectivity index (χ2v) is 7.34. The molecule has 0 saturated carbocycles. The van der Waals surface area contributed by atoms with Crippen LogP contribution in [0, 0.1) is 0 Å². The highest BCUT2D eigenvalue weighted by Crippen LogP contribution is 2.23. The Morgan fingerprint density at radius 3 is 2.50 bits per heavy atom. The van der Waals surface area contributed by atoms with E-state index in [0.29, 0.717) is 12.5 Å². The fourth-order valence-electron chi connectivity index (χ4n) is 3.38. The van der Waals surface area contributed by atoms with Gasteiger partial charge in [-0.15, -0.1) is 0 Å². The second-order valence-electron chi connectivity index (χ2n) is 6.93. The molecule has 1 fully saturated rings. The molecule has 0 atom stereocenters. The van der Waals surface area contributed by atoms with Crippen molar-refractivity contribution in [2.75, 3.05) is 28.6 Å². The summed E-state index contributed by atoms with van der Waals surface area (Å²) in [7, 11) is 0. The summed E-state index contributed by atoms with van der Waals surface area (Å²) in [5, 5.41) is 7.32. The van der Waals surface area contributed by atoms with E-state index in [1.807, 2.05) is 30.3 Å². The maximum atomic E-state index is 6.21. The van der Waals surface area contributed by atoms with Crippen LogP contribution in [0.15, 0.2) is 60.8 Å². The first-order valence-corrected chi connectivity index (χ1v) is 10.1. The minimum absolute atomic E-state index is 0.565. The molecule has 5 nitrogen and oxygen atoms in total. The third-order valence-corrected chi connectivity index (χ3v) is 5.29. The molecule has 0 amide bonds. The lowest BCUT2D eigenvalue weighted by atomic mass is 10.1. The molecule has 4 rings (SSSR count). The van der Waals surface area contributed by atoms with Crippen molar-refractivity contribution in [1.29, 1.82) is 0 Å². The van der Waals surface area contributed by atoms with Crippen LogP contribution in [0.1, 0.15) is 24.8 Å². The van der Waals surface area contributed by atoms with Crippen molar-refractivity contribution in [2.45, 2.75) is 25.8 Å². The highest BCUT2D eigenvalue weighted by Gasteiger charge is 2.10. The molecule has 0 aliphatic carbocycles. The fraction of sp³-hybridized carbons (Fsp3) is 0.273. The third kappa shape index (κ3) is 4.73. The van der Waals surface area contributed by atoms with Crippen LogP contribution in [0.2, 0.25) is 5.02 Å². The zero-order valence-corrected chi connectivity index (χ0v) is 16.5. The number of hydrogen-bond acceptors (Lipinski definition) is 5. The van der Waals surface area contributed by atoms with E-state index in [2.05, 4.69) is 49.8 Å². The summed E-state index contributed by atoms with van der Waals surface area (Å²) in [4.78, 5) is 11.3. The average molecular weight is 394 g/mol. The monoisotopic (exact) mass is 393 g/mol. The molecule has 0 bridgehead atoms. The first-order chi connectivity index (χ1) is 13.8. The van der Waals surface area contributed by atoms with Gasteiger partial charge in [0, 0.05) is 42.2 Å². The Morgan fingerprint density at radius 2 is 1.71 bits per heavy atom. The molecule has 6 heteroatoms. The molecule has 2 aromatic carbocycles. The van der Waals surface area contributed by atoms with Crippen LogP contribution in [0.3, 0.4) is 0 Å². The predicted molar refractivity (Wildman–Crippen MR) is 117 cm³/mol. The molecule has 2 N–H and O–H groups in total. The number of nitrogens with zero attached hydrogens (tertiary/aromatic N) is 3. The van der Waals surface area contributed by atoms with Gasteiger partial charge in [0.2, 0.25) is 5.95 Å². The Morgan fingerprint density at radius 1 is 0.929 bits per heavy atom. The van der Waals surface area contributed by atoms with Gasteiger partial charge >= 0.3 is 0 Å². The molecular weight excluding hydrogens is 370 g/mol. The maximum absolute atomic E-state index is 6.21. The first-order valence-electron chi connectivity index (χ1n) is 9.70. The lowest BCUT2D eigenvalue weighted by Gasteiger charge is -2.28. The molecule has 28 heavy (non-hydrogen) atoms. The Balaban J connectivity index is 1.38. The van der Waals surface area contributed by atoms with Crippen LogP contribution in [-0.2, 0) is 6.54 Å². The van der Waals surface area contributed by atoms with Gasteiger partial charge in [0.1, 0.15) is 5.82 Å². The number of hydrogen-bond donors (Lipinski definition) is 2. The smallest absolute Gasteiger partial charge is 0.229 e. The molecule has 3 aromatic rings. The van der Waals surface area contributed by atoms with Gasteiger partial charge in [0.25, 0.3) is 0 Å². The summed E-state index contributed by atoms with van der Waals surface area (Å²) in [6.07, 6.45) is 5.64. The molecule has 0 radical (unpaired) electrons. The van der Waals surface area contributed by atoms with Crippen molar-refractivity contribution in [3.8, 4) is 0 Å². The van der Waals surface area contributed by atoms with Crippen LogP contribution in [-0.4, -0.2) is 23.1 Å². The number of aromatic nitrogens is 2. The van der Waals surface area contributed by atoms with E-state index in [-0.39, 0.29) is 0 Å². The first kappa shape index (κ1) is 18.6. The van der Waals surface area contributed by atoms with Gasteiger partial charge < -0.3 is 15.5 Å². The molecule has 1 aromatic heterocycles. The highest BCUT2D eigenvalue weighted by molar-refractivity contribution is 6.31. The van der Waals surface area contributed by atoms with Crippen LogP contribution in [0.5, 0.6) is 0 Å². The molecule has 1 aliphatic rings. The van der Waals surface area contributed by atoms with Crippen molar-refractivity contribution in [2.24, 2.45) is 0 Å². The summed E-state index contributed by atoms with van der Waals surface area (Å²) in [5.74, 6) is 1.32. The molecule has 144 valence electrons. The van der Waals surface area contributed by atoms with Gasteiger partial charge in [-0.25, -0.2) is 4.98 Å². The number of anilines is 4. The average Bonchev–Trinajstić information content (AvgIpc) is 2.75. The SMILES string of the molecule is Clc1ccccc1CNc1ccnc(Nc2ccc(N3CCCCC3)cc2)n1. The highest BCUT2D eigenvalue weighted by atomic mass is 35.5. The van der Waals surface area contributed by atoms with Crippen molar-refractivity contribution >= 4 is 34.7 Å². The summed E-state index contributed by atoms with van der Waals surface area (Å²) in [6.45, 7) is 2.91. The maximum Gasteiger partial charge on any atom is 0.229 e. The van der Waals surface area contributed by atoms with E-state index in [4.69, 9.17) is 11.6 Å². The molecule has 1 aliphatic heterocycles. The lowest BCUT2D eigenvalue weighted by Crippen LogP contribution is -2.29. The third-order valence-electron chi connectivity index (χ3n) is 4.92. The normalized spacial score (nSPS) is 14.0. The van der Waals surface area contributed by atoms with E-state index in [9.17, 15) is 0 Å². The van der Waals surface area contributed by atoms with Crippen LogP contribution in [0.4, 0.5) is 23.1 Å². The number of piperidine rings is 1. The van der Waals surface area contributed by atoms with Gasteiger partial charge in [0.05, 0.1) is 0 Å². The zero-order valence-electron chi connectivity index (χ0n) is 15.7. The standard InChI is InChI=1S/C22H24ClN5/c23-20-7-3-2-6-17(20)16-25-21-12-13-24-22(27-21)26-18-8-10-19(11-9-18)28-14-4-1-5-15-28/h2-3,6-13H,1,4-5,14-16H2,(H2,24,25,26,27). The summed E-state index contributed by atoms with van der Waals surface area (Å²) in [5.41, 5.74) is 3.29. The van der Waals surface area contributed by atoms with E-state index >= 15 is 0 Å². The lowest BCUT2D eigenvalue weighted by molar-refractivity contribution is 0.578. The number of rotatable bonds is 6. The van der Waals surface area contributed by atoms with E-state index in [0.717, 1.165) is 35.2 Å². The summed E-state index contributed by atoms with van der Waals surface area (Å²) in [6, 6.07) is 18.1. The van der Waals surface area contributed by atoms with Crippen molar-refractivity contribution < 1.29 is 0 Å². The van der Waals surface area contributed by atoms with E-state index in [1.165, 1.54) is 24.9 Å². The van der Waals surface area contributed by atoms with Gasteiger partial charge in [-0.2, -0.15) is 4.98 Å². The molecule has 2 heterocycles. The largest absolute Gasteiger partial charge is 0.372 e. The van der Waals surface area contributed by atoms with Crippen molar-refractivity contribution in [1.82, 2.24) is 9.97 Å². The van der Waals surface area contributed by atoms with E-state index < -0.39 is 0 Å². The van der Waals surface area contributed by atoms with Crippen molar-refractivity contribution in [3.05, 3.63) is 71.4 Å². The second kappa shape index (κ2) is 8.93. The van der Waals surface area contributed by atoms with Gasteiger partial charge in [-0.1, -0.05) is 29.8 Å².